The molecule has 0 spiro atoms. The molecule has 0 saturated carbocycles. The van der Waals surface area contributed by atoms with Crippen molar-refractivity contribution in [3.8, 4) is 0 Å². The SMILES string of the molecule is CN(C)Cc1ccccc1NC1CCc2cc(F)ccc21. The molecule has 21 heavy (non-hydrogen) atoms. The highest BCUT2D eigenvalue weighted by atomic mass is 19.1. The number of benzene rings is 2. The first-order valence-corrected chi connectivity index (χ1v) is 7.41. The van der Waals surface area contributed by atoms with Crippen molar-refractivity contribution in [3.63, 3.8) is 0 Å². The zero-order valence-electron chi connectivity index (χ0n) is 12.6. The summed E-state index contributed by atoms with van der Waals surface area (Å²) in [5, 5.41) is 3.64. The number of hydrogen-bond donors (Lipinski definition) is 1. The Hall–Kier alpha value is -1.87. The maximum atomic E-state index is 13.3. The van der Waals surface area contributed by atoms with Gasteiger partial charge in [-0.2, -0.15) is 0 Å². The maximum absolute atomic E-state index is 13.3. The lowest BCUT2D eigenvalue weighted by molar-refractivity contribution is 0.403. The van der Waals surface area contributed by atoms with Crippen LogP contribution in [0, 0.1) is 5.82 Å². The fraction of sp³-hybridized carbons (Fsp3) is 0.333. The molecule has 1 N–H and O–H groups in total. The summed E-state index contributed by atoms with van der Waals surface area (Å²) in [6.45, 7) is 0.909. The summed E-state index contributed by atoms with van der Waals surface area (Å²) >= 11 is 0. The van der Waals surface area contributed by atoms with Crippen LogP contribution in [0.5, 0.6) is 0 Å². The third kappa shape index (κ3) is 3.08. The van der Waals surface area contributed by atoms with Gasteiger partial charge in [-0.1, -0.05) is 24.3 Å². The summed E-state index contributed by atoms with van der Waals surface area (Å²) in [4.78, 5) is 2.17. The molecule has 0 saturated heterocycles. The average molecular weight is 284 g/mol. The monoisotopic (exact) mass is 284 g/mol. The Bertz CT molecular complexity index is 637. The van der Waals surface area contributed by atoms with E-state index < -0.39 is 0 Å². The van der Waals surface area contributed by atoms with Crippen LogP contribution in [-0.2, 0) is 13.0 Å². The van der Waals surface area contributed by atoms with Gasteiger partial charge in [0.2, 0.25) is 0 Å². The summed E-state index contributed by atoms with van der Waals surface area (Å²) in [7, 11) is 4.15. The maximum Gasteiger partial charge on any atom is 0.123 e. The third-order valence-corrected chi connectivity index (χ3v) is 4.02. The molecule has 0 aromatic heterocycles. The number of hydrogen-bond acceptors (Lipinski definition) is 2. The van der Waals surface area contributed by atoms with Crippen molar-refractivity contribution in [2.75, 3.05) is 19.4 Å². The summed E-state index contributed by atoms with van der Waals surface area (Å²) in [6, 6.07) is 13.8. The molecular formula is C18H21FN2. The molecule has 3 rings (SSSR count). The van der Waals surface area contributed by atoms with Crippen molar-refractivity contribution < 1.29 is 4.39 Å². The topological polar surface area (TPSA) is 15.3 Å². The molecule has 0 radical (unpaired) electrons. The molecule has 0 aliphatic heterocycles. The van der Waals surface area contributed by atoms with Gasteiger partial charge in [-0.25, -0.2) is 4.39 Å². The van der Waals surface area contributed by atoms with Crippen LogP contribution in [0.1, 0.15) is 29.2 Å². The molecule has 1 aliphatic carbocycles. The number of anilines is 1. The standard InChI is InChI=1S/C18H21FN2/c1-21(2)12-14-5-3-4-6-17(14)20-18-10-7-13-11-15(19)8-9-16(13)18/h3-6,8-9,11,18,20H,7,10,12H2,1-2H3. The summed E-state index contributed by atoms with van der Waals surface area (Å²) in [5.41, 5.74) is 4.83. The fourth-order valence-electron chi connectivity index (χ4n) is 3.06. The highest BCUT2D eigenvalue weighted by molar-refractivity contribution is 5.54. The second kappa shape index (κ2) is 5.86. The van der Waals surface area contributed by atoms with E-state index in [1.165, 1.54) is 16.8 Å². The Kier molecular flexibility index (Phi) is 3.93. The number of fused-ring (bicyclic) bond motifs is 1. The smallest absolute Gasteiger partial charge is 0.123 e. The van der Waals surface area contributed by atoms with Gasteiger partial charge >= 0.3 is 0 Å². The van der Waals surface area contributed by atoms with Crippen LogP contribution < -0.4 is 5.32 Å². The molecule has 2 aromatic carbocycles. The van der Waals surface area contributed by atoms with Gasteiger partial charge in [-0.05, 0) is 61.8 Å². The Balaban J connectivity index is 1.83. The first-order chi connectivity index (χ1) is 10.1. The van der Waals surface area contributed by atoms with Crippen LogP contribution in [0.2, 0.25) is 0 Å². The minimum Gasteiger partial charge on any atom is -0.378 e. The van der Waals surface area contributed by atoms with Crippen LogP contribution in [-0.4, -0.2) is 19.0 Å². The first-order valence-electron chi connectivity index (χ1n) is 7.41. The van der Waals surface area contributed by atoms with Crippen molar-refractivity contribution >= 4 is 5.69 Å². The molecule has 0 amide bonds. The van der Waals surface area contributed by atoms with Gasteiger partial charge in [-0.15, -0.1) is 0 Å². The van der Waals surface area contributed by atoms with Crippen molar-refractivity contribution in [1.29, 1.82) is 0 Å². The predicted octanol–water partition coefficient (Wildman–Crippen LogP) is 3.99. The van der Waals surface area contributed by atoms with Crippen molar-refractivity contribution in [2.24, 2.45) is 0 Å². The molecule has 0 bridgehead atoms. The van der Waals surface area contributed by atoms with Gasteiger partial charge in [0.15, 0.2) is 0 Å². The number of rotatable bonds is 4. The highest BCUT2D eigenvalue weighted by Crippen LogP contribution is 2.35. The zero-order valence-corrected chi connectivity index (χ0v) is 12.6. The van der Waals surface area contributed by atoms with Gasteiger partial charge in [0.05, 0.1) is 6.04 Å². The first kappa shape index (κ1) is 14.1. The number of aryl methyl sites for hydroxylation is 1. The van der Waals surface area contributed by atoms with E-state index in [1.807, 2.05) is 6.07 Å². The van der Waals surface area contributed by atoms with Gasteiger partial charge in [0, 0.05) is 12.2 Å². The number of nitrogens with one attached hydrogen (secondary N) is 1. The predicted molar refractivity (Wildman–Crippen MR) is 84.9 cm³/mol. The van der Waals surface area contributed by atoms with E-state index in [0.29, 0.717) is 0 Å². The van der Waals surface area contributed by atoms with Gasteiger partial charge < -0.3 is 10.2 Å². The summed E-state index contributed by atoms with van der Waals surface area (Å²) < 4.78 is 13.3. The average Bonchev–Trinajstić information content (AvgIpc) is 2.83. The van der Waals surface area contributed by atoms with Gasteiger partial charge in [0.1, 0.15) is 5.82 Å². The van der Waals surface area contributed by atoms with E-state index in [4.69, 9.17) is 0 Å². The zero-order chi connectivity index (χ0) is 14.8. The lowest BCUT2D eigenvalue weighted by atomic mass is 10.1. The molecule has 1 unspecified atom stereocenters. The quantitative estimate of drug-likeness (QED) is 0.913. The van der Waals surface area contributed by atoms with E-state index in [9.17, 15) is 4.39 Å². The number of halogens is 1. The molecule has 1 atom stereocenters. The van der Waals surface area contributed by atoms with Crippen molar-refractivity contribution in [2.45, 2.75) is 25.4 Å². The lowest BCUT2D eigenvalue weighted by Gasteiger charge is -2.20. The van der Waals surface area contributed by atoms with Gasteiger partial charge in [-0.3, -0.25) is 0 Å². The van der Waals surface area contributed by atoms with Crippen LogP contribution in [0.3, 0.4) is 0 Å². The van der Waals surface area contributed by atoms with Crippen LogP contribution in [0.15, 0.2) is 42.5 Å². The molecular weight excluding hydrogens is 263 g/mol. The van der Waals surface area contributed by atoms with E-state index in [0.717, 1.165) is 24.9 Å². The molecule has 0 heterocycles. The fourth-order valence-corrected chi connectivity index (χ4v) is 3.06. The third-order valence-electron chi connectivity index (χ3n) is 4.02. The lowest BCUT2D eigenvalue weighted by Crippen LogP contribution is -2.14. The van der Waals surface area contributed by atoms with Crippen LogP contribution in [0.25, 0.3) is 0 Å². The number of nitrogens with zero attached hydrogens (tertiary/aromatic N) is 1. The minimum absolute atomic E-state index is 0.137. The second-order valence-corrected chi connectivity index (χ2v) is 5.97. The molecule has 0 fully saturated rings. The second-order valence-electron chi connectivity index (χ2n) is 5.97. The summed E-state index contributed by atoms with van der Waals surface area (Å²) in [5.74, 6) is -0.137. The van der Waals surface area contributed by atoms with Gasteiger partial charge in [0.25, 0.3) is 0 Å². The Morgan fingerprint density at radius 1 is 1.19 bits per heavy atom. The van der Waals surface area contributed by atoms with E-state index in [2.05, 4.69) is 48.6 Å². The van der Waals surface area contributed by atoms with Crippen LogP contribution >= 0.6 is 0 Å². The summed E-state index contributed by atoms with van der Waals surface area (Å²) in [6.07, 6.45) is 1.97. The highest BCUT2D eigenvalue weighted by Gasteiger charge is 2.23. The number of para-hydroxylation sites is 1. The normalized spacial score (nSPS) is 17.0. The molecule has 1 aliphatic rings. The van der Waals surface area contributed by atoms with E-state index >= 15 is 0 Å². The van der Waals surface area contributed by atoms with E-state index in [-0.39, 0.29) is 11.9 Å². The minimum atomic E-state index is -0.137. The molecule has 110 valence electrons. The Labute approximate surface area is 125 Å². The molecule has 2 aromatic rings. The van der Waals surface area contributed by atoms with Crippen molar-refractivity contribution in [1.82, 2.24) is 4.90 Å². The molecule has 2 nitrogen and oxygen atoms in total. The van der Waals surface area contributed by atoms with Crippen molar-refractivity contribution in [3.05, 3.63) is 65.0 Å². The van der Waals surface area contributed by atoms with Crippen LogP contribution in [0.4, 0.5) is 10.1 Å². The Morgan fingerprint density at radius 2 is 2.00 bits per heavy atom. The van der Waals surface area contributed by atoms with E-state index in [1.54, 1.807) is 12.1 Å². The largest absolute Gasteiger partial charge is 0.378 e. The molecule has 3 heteroatoms. The Morgan fingerprint density at radius 3 is 2.81 bits per heavy atom.